The molecule has 0 aliphatic carbocycles. The zero-order chi connectivity index (χ0) is 10.7. The summed E-state index contributed by atoms with van der Waals surface area (Å²) >= 11 is 5.53. The summed E-state index contributed by atoms with van der Waals surface area (Å²) in [6, 6.07) is 12.8. The second-order valence-corrected chi connectivity index (χ2v) is 5.58. The minimum Gasteiger partial charge on any atom is -0.144 e. The third-order valence-electron chi connectivity index (χ3n) is 2.36. The Kier molecular flexibility index (Phi) is 3.60. The van der Waals surface area contributed by atoms with Crippen molar-refractivity contribution in [3.05, 3.63) is 56.2 Å². The zero-order valence-corrected chi connectivity index (χ0v) is 11.1. The first-order valence-electron chi connectivity index (χ1n) is 5.10. The lowest BCUT2D eigenvalue weighted by molar-refractivity contribution is 1.18. The summed E-state index contributed by atoms with van der Waals surface area (Å²) in [5, 5.41) is 0. The normalized spacial score (nSPS) is 10.5. The van der Waals surface area contributed by atoms with Gasteiger partial charge in [0.2, 0.25) is 0 Å². The van der Waals surface area contributed by atoms with Crippen LogP contribution >= 0.6 is 27.3 Å². The lowest BCUT2D eigenvalue weighted by Gasteiger charge is -1.98. The molecule has 0 N–H and O–H groups in total. The minimum absolute atomic E-state index is 1.03. The molecule has 0 aliphatic rings. The molecule has 2 heteroatoms. The first-order chi connectivity index (χ1) is 7.29. The lowest BCUT2D eigenvalue weighted by Crippen LogP contribution is -1.83. The number of hydrogen-bond acceptors (Lipinski definition) is 1. The average molecular weight is 281 g/mol. The Hall–Kier alpha value is -0.600. The fourth-order valence-corrected chi connectivity index (χ4v) is 3.38. The minimum atomic E-state index is 1.03. The Morgan fingerprint density at radius 3 is 2.53 bits per heavy atom. The second-order valence-electron chi connectivity index (χ2n) is 3.50. The van der Waals surface area contributed by atoms with Crippen LogP contribution in [0.3, 0.4) is 0 Å². The van der Waals surface area contributed by atoms with E-state index in [1.807, 2.05) is 11.3 Å². The smallest absolute Gasteiger partial charge is 0.0320 e. The zero-order valence-electron chi connectivity index (χ0n) is 8.66. The Labute approximate surface area is 103 Å². The van der Waals surface area contributed by atoms with Crippen LogP contribution in [0.1, 0.15) is 22.2 Å². The molecule has 0 aliphatic heterocycles. The van der Waals surface area contributed by atoms with E-state index >= 15 is 0 Å². The summed E-state index contributed by atoms with van der Waals surface area (Å²) < 4.78 is 1.26. The number of thiophene rings is 1. The molecule has 78 valence electrons. The first-order valence-corrected chi connectivity index (χ1v) is 6.71. The fourth-order valence-electron chi connectivity index (χ4n) is 1.53. The summed E-state index contributed by atoms with van der Waals surface area (Å²) in [7, 11) is 0. The van der Waals surface area contributed by atoms with Crippen molar-refractivity contribution in [2.75, 3.05) is 0 Å². The van der Waals surface area contributed by atoms with Crippen LogP contribution < -0.4 is 0 Å². The summed E-state index contributed by atoms with van der Waals surface area (Å²) in [6.45, 7) is 2.20. The number of hydrogen-bond donors (Lipinski definition) is 0. The standard InChI is InChI=1S/C13H13BrS/c1-2-11-9-12(14)13(15-11)8-10-6-4-3-5-7-10/h3-7,9H,2,8H2,1H3. The van der Waals surface area contributed by atoms with Crippen molar-refractivity contribution in [1.29, 1.82) is 0 Å². The number of halogens is 1. The van der Waals surface area contributed by atoms with E-state index in [2.05, 4.69) is 59.3 Å². The van der Waals surface area contributed by atoms with E-state index in [1.165, 1.54) is 19.8 Å². The monoisotopic (exact) mass is 280 g/mol. The highest BCUT2D eigenvalue weighted by Gasteiger charge is 2.06. The molecule has 1 aromatic carbocycles. The summed E-state index contributed by atoms with van der Waals surface area (Å²) in [5.41, 5.74) is 1.38. The molecule has 0 amide bonds. The van der Waals surface area contributed by atoms with Crippen LogP contribution in [0.15, 0.2) is 40.9 Å². The van der Waals surface area contributed by atoms with Crippen LogP contribution in [-0.2, 0) is 12.8 Å². The molecule has 0 bridgehead atoms. The first kappa shape index (κ1) is 10.9. The van der Waals surface area contributed by atoms with Crippen LogP contribution in [0.2, 0.25) is 0 Å². The maximum absolute atomic E-state index is 3.63. The molecule has 1 heterocycles. The maximum atomic E-state index is 3.63. The Morgan fingerprint density at radius 2 is 1.93 bits per heavy atom. The summed E-state index contributed by atoms with van der Waals surface area (Å²) in [4.78, 5) is 2.88. The molecule has 0 nitrogen and oxygen atoms in total. The summed E-state index contributed by atoms with van der Waals surface area (Å²) in [6.07, 6.45) is 2.16. The number of aryl methyl sites for hydroxylation is 1. The third kappa shape index (κ3) is 2.70. The highest BCUT2D eigenvalue weighted by Crippen LogP contribution is 2.29. The molecular formula is C13H13BrS. The molecule has 0 radical (unpaired) electrons. The van der Waals surface area contributed by atoms with E-state index < -0.39 is 0 Å². The molecule has 2 aromatic rings. The van der Waals surface area contributed by atoms with Crippen molar-refractivity contribution in [3.63, 3.8) is 0 Å². The fraction of sp³-hybridized carbons (Fsp3) is 0.231. The topological polar surface area (TPSA) is 0 Å². The van der Waals surface area contributed by atoms with E-state index in [0.29, 0.717) is 0 Å². The molecule has 0 fully saturated rings. The van der Waals surface area contributed by atoms with E-state index in [4.69, 9.17) is 0 Å². The van der Waals surface area contributed by atoms with Gasteiger partial charge in [-0.1, -0.05) is 37.3 Å². The van der Waals surface area contributed by atoms with Crippen molar-refractivity contribution in [2.45, 2.75) is 19.8 Å². The van der Waals surface area contributed by atoms with Gasteiger partial charge in [0.05, 0.1) is 0 Å². The van der Waals surface area contributed by atoms with Gasteiger partial charge in [-0.2, -0.15) is 0 Å². The van der Waals surface area contributed by atoms with Crippen LogP contribution in [0, 0.1) is 0 Å². The van der Waals surface area contributed by atoms with Crippen LogP contribution in [0.25, 0.3) is 0 Å². The predicted octanol–water partition coefficient (Wildman–Crippen LogP) is 4.66. The van der Waals surface area contributed by atoms with Crippen molar-refractivity contribution >= 4 is 27.3 Å². The number of benzene rings is 1. The van der Waals surface area contributed by atoms with E-state index in [-0.39, 0.29) is 0 Å². The van der Waals surface area contributed by atoms with E-state index in [0.717, 1.165) is 12.8 Å². The maximum Gasteiger partial charge on any atom is 0.0320 e. The van der Waals surface area contributed by atoms with Gasteiger partial charge >= 0.3 is 0 Å². The van der Waals surface area contributed by atoms with Crippen LogP contribution in [0.4, 0.5) is 0 Å². The molecule has 0 atom stereocenters. The predicted molar refractivity (Wildman–Crippen MR) is 70.6 cm³/mol. The van der Waals surface area contributed by atoms with Crippen molar-refractivity contribution in [2.24, 2.45) is 0 Å². The van der Waals surface area contributed by atoms with Gasteiger partial charge in [0.1, 0.15) is 0 Å². The summed E-state index contributed by atoms with van der Waals surface area (Å²) in [5.74, 6) is 0. The molecule has 0 saturated heterocycles. The Bertz CT molecular complexity index is 431. The second kappa shape index (κ2) is 4.95. The third-order valence-corrected chi connectivity index (χ3v) is 4.61. The lowest BCUT2D eigenvalue weighted by atomic mass is 10.1. The highest BCUT2D eigenvalue weighted by atomic mass is 79.9. The molecule has 0 spiro atoms. The Balaban J connectivity index is 2.21. The van der Waals surface area contributed by atoms with Crippen molar-refractivity contribution in [1.82, 2.24) is 0 Å². The van der Waals surface area contributed by atoms with Gasteiger partial charge in [-0.25, -0.2) is 0 Å². The SMILES string of the molecule is CCc1cc(Br)c(Cc2ccccc2)s1. The van der Waals surface area contributed by atoms with Crippen molar-refractivity contribution < 1.29 is 0 Å². The van der Waals surface area contributed by atoms with Gasteiger partial charge in [0.15, 0.2) is 0 Å². The number of rotatable bonds is 3. The van der Waals surface area contributed by atoms with Gasteiger partial charge in [-0.15, -0.1) is 11.3 Å². The van der Waals surface area contributed by atoms with E-state index in [9.17, 15) is 0 Å². The molecule has 15 heavy (non-hydrogen) atoms. The van der Waals surface area contributed by atoms with Gasteiger partial charge in [0.25, 0.3) is 0 Å². The van der Waals surface area contributed by atoms with E-state index in [1.54, 1.807) is 0 Å². The molecule has 0 unspecified atom stereocenters. The molecule has 1 aromatic heterocycles. The molecule has 0 saturated carbocycles. The van der Waals surface area contributed by atoms with Gasteiger partial charge in [0, 0.05) is 20.6 Å². The van der Waals surface area contributed by atoms with Crippen molar-refractivity contribution in [3.8, 4) is 0 Å². The quantitative estimate of drug-likeness (QED) is 0.767. The largest absolute Gasteiger partial charge is 0.144 e. The molecular weight excluding hydrogens is 268 g/mol. The van der Waals surface area contributed by atoms with Crippen LogP contribution in [0.5, 0.6) is 0 Å². The van der Waals surface area contributed by atoms with Gasteiger partial charge < -0.3 is 0 Å². The van der Waals surface area contributed by atoms with Gasteiger partial charge in [-0.05, 0) is 34.0 Å². The average Bonchev–Trinajstić information content (AvgIpc) is 2.61. The Morgan fingerprint density at radius 1 is 1.20 bits per heavy atom. The van der Waals surface area contributed by atoms with Gasteiger partial charge in [-0.3, -0.25) is 0 Å². The molecule has 2 rings (SSSR count). The van der Waals surface area contributed by atoms with Crippen LogP contribution in [-0.4, -0.2) is 0 Å². The highest BCUT2D eigenvalue weighted by molar-refractivity contribution is 9.10.